The van der Waals surface area contributed by atoms with Crippen LogP contribution >= 0.6 is 0 Å². The first kappa shape index (κ1) is 21.3. The zero-order valence-corrected chi connectivity index (χ0v) is 17.7. The van der Waals surface area contributed by atoms with Crippen molar-refractivity contribution in [3.8, 4) is 23.7 Å². The molecule has 156 valence electrons. The van der Waals surface area contributed by atoms with Crippen LogP contribution in [0.25, 0.3) is 10.8 Å². The van der Waals surface area contributed by atoms with Crippen LogP contribution in [-0.2, 0) is 6.42 Å². The van der Waals surface area contributed by atoms with Gasteiger partial charge < -0.3 is 0 Å². The third-order valence-corrected chi connectivity index (χ3v) is 5.22. The average Bonchev–Trinajstić information content (AvgIpc) is 2.80. The lowest BCUT2D eigenvalue weighted by molar-refractivity contribution is 0.446. The fourth-order valence-electron chi connectivity index (χ4n) is 3.56. The van der Waals surface area contributed by atoms with Gasteiger partial charge in [0.25, 0.3) is 0 Å². The molecule has 0 nitrogen and oxygen atoms in total. The number of aryl methyl sites for hydroxylation is 2. The van der Waals surface area contributed by atoms with Gasteiger partial charge in [-0.1, -0.05) is 72.6 Å². The van der Waals surface area contributed by atoms with E-state index in [-0.39, 0.29) is 5.56 Å². The number of hydrogen-bond donors (Lipinski definition) is 0. The maximum Gasteiger partial charge on any atom is 0.194 e. The van der Waals surface area contributed by atoms with Gasteiger partial charge >= 0.3 is 0 Å². The third-order valence-electron chi connectivity index (χ3n) is 5.22. The Balaban J connectivity index is 1.76. The molecule has 0 aliphatic carbocycles. The van der Waals surface area contributed by atoms with E-state index < -0.39 is 17.5 Å². The second kappa shape index (κ2) is 9.04. The smallest absolute Gasteiger partial charge is 0.194 e. The van der Waals surface area contributed by atoms with Gasteiger partial charge in [0.05, 0.1) is 0 Å². The van der Waals surface area contributed by atoms with Crippen molar-refractivity contribution in [2.75, 3.05) is 0 Å². The summed E-state index contributed by atoms with van der Waals surface area (Å²) in [4.78, 5) is 0. The molecule has 3 heteroatoms. The summed E-state index contributed by atoms with van der Waals surface area (Å²) in [6.07, 6.45) is 0.908. The number of rotatable bonds is 1. The molecule has 0 N–H and O–H groups in total. The van der Waals surface area contributed by atoms with E-state index >= 15 is 0 Å². The summed E-state index contributed by atoms with van der Waals surface area (Å²) in [5.74, 6) is 8.24. The lowest BCUT2D eigenvalue weighted by Gasteiger charge is -2.05. The summed E-state index contributed by atoms with van der Waals surface area (Å²) in [6.45, 7) is 4.18. The molecule has 4 aromatic rings. The predicted molar refractivity (Wildman–Crippen MR) is 123 cm³/mol. The van der Waals surface area contributed by atoms with E-state index in [1.807, 2.05) is 42.5 Å². The van der Waals surface area contributed by atoms with Crippen LogP contribution in [0.5, 0.6) is 0 Å². The molecular weight excluding hydrogens is 405 g/mol. The van der Waals surface area contributed by atoms with Crippen molar-refractivity contribution in [2.45, 2.75) is 20.3 Å². The van der Waals surface area contributed by atoms with E-state index in [1.54, 1.807) is 0 Å². The lowest BCUT2D eigenvalue weighted by Crippen LogP contribution is -1.92. The summed E-state index contributed by atoms with van der Waals surface area (Å²) in [5, 5.41) is 1.82. The van der Waals surface area contributed by atoms with Crippen LogP contribution in [0, 0.1) is 48.1 Å². The van der Waals surface area contributed by atoms with Gasteiger partial charge in [0.1, 0.15) is 0 Å². The van der Waals surface area contributed by atoms with Crippen molar-refractivity contribution < 1.29 is 13.2 Å². The molecule has 0 aliphatic rings. The minimum absolute atomic E-state index is 0.0702. The van der Waals surface area contributed by atoms with E-state index in [2.05, 4.69) is 49.7 Å². The second-order valence-corrected chi connectivity index (χ2v) is 7.47. The highest BCUT2D eigenvalue weighted by atomic mass is 19.2. The van der Waals surface area contributed by atoms with Crippen molar-refractivity contribution in [1.29, 1.82) is 0 Å². The maximum atomic E-state index is 13.5. The molecule has 0 heterocycles. The van der Waals surface area contributed by atoms with Crippen molar-refractivity contribution in [3.63, 3.8) is 0 Å². The van der Waals surface area contributed by atoms with Gasteiger partial charge in [0, 0.05) is 22.3 Å². The first-order chi connectivity index (χ1) is 15.5. The first-order valence-electron chi connectivity index (χ1n) is 10.3. The Morgan fingerprint density at radius 2 is 1.19 bits per heavy atom. The quantitative estimate of drug-likeness (QED) is 0.230. The van der Waals surface area contributed by atoms with E-state index in [0.717, 1.165) is 40.5 Å². The fraction of sp³-hybridized carbons (Fsp3) is 0.103. The van der Waals surface area contributed by atoms with Crippen LogP contribution in [0.4, 0.5) is 13.2 Å². The maximum absolute atomic E-state index is 13.5. The van der Waals surface area contributed by atoms with Gasteiger partial charge in [-0.25, -0.2) is 13.2 Å². The normalized spacial score (nSPS) is 10.3. The second-order valence-electron chi connectivity index (χ2n) is 7.47. The fourth-order valence-corrected chi connectivity index (χ4v) is 3.56. The topological polar surface area (TPSA) is 0 Å². The number of hydrogen-bond acceptors (Lipinski definition) is 0. The highest BCUT2D eigenvalue weighted by Crippen LogP contribution is 2.23. The first-order valence-corrected chi connectivity index (χ1v) is 10.3. The minimum Gasteiger partial charge on any atom is -0.204 e. The largest absolute Gasteiger partial charge is 0.204 e. The van der Waals surface area contributed by atoms with Gasteiger partial charge in [-0.3, -0.25) is 0 Å². The standard InChI is InChI=1S/C29H19F3/c1-3-21-16-19(2)8-10-22(21)12-13-24-15-14-23(25-6-4-5-7-26(24)25)11-9-20-17-27(30)29(32)28(31)18-20/h4-8,10,14-18H,3H2,1-2H3. The summed E-state index contributed by atoms with van der Waals surface area (Å²) < 4.78 is 40.1. The molecule has 0 aliphatic heterocycles. The molecule has 4 rings (SSSR count). The zero-order chi connectivity index (χ0) is 22.7. The van der Waals surface area contributed by atoms with Crippen LogP contribution in [0.15, 0.2) is 66.7 Å². The van der Waals surface area contributed by atoms with E-state index in [4.69, 9.17) is 0 Å². The Bertz CT molecular complexity index is 1430. The highest BCUT2D eigenvalue weighted by molar-refractivity contribution is 5.93. The number of halogens is 3. The molecule has 0 fully saturated rings. The molecule has 0 aromatic heterocycles. The molecular formula is C29H19F3. The van der Waals surface area contributed by atoms with Crippen molar-refractivity contribution >= 4 is 10.8 Å². The van der Waals surface area contributed by atoms with Crippen molar-refractivity contribution in [3.05, 3.63) is 118 Å². The summed E-state index contributed by atoms with van der Waals surface area (Å²) >= 11 is 0. The molecule has 0 bridgehead atoms. The minimum atomic E-state index is -1.50. The molecule has 0 radical (unpaired) electrons. The van der Waals surface area contributed by atoms with Gasteiger partial charge in [-0.15, -0.1) is 0 Å². The molecule has 32 heavy (non-hydrogen) atoms. The molecule has 0 saturated carbocycles. The molecule has 0 saturated heterocycles. The Morgan fingerprint density at radius 3 is 1.78 bits per heavy atom. The van der Waals surface area contributed by atoms with Crippen molar-refractivity contribution in [1.82, 2.24) is 0 Å². The van der Waals surface area contributed by atoms with E-state index in [1.165, 1.54) is 11.1 Å². The van der Waals surface area contributed by atoms with Gasteiger partial charge in [-0.05, 0) is 60.0 Å². The SMILES string of the molecule is CCc1cc(C)ccc1C#Cc1ccc(C#Cc2cc(F)c(F)c(F)c2)c2ccccc12. The number of fused-ring (bicyclic) bond motifs is 1. The Kier molecular flexibility index (Phi) is 6.02. The van der Waals surface area contributed by atoms with Gasteiger partial charge in [0.2, 0.25) is 0 Å². The van der Waals surface area contributed by atoms with Crippen molar-refractivity contribution in [2.24, 2.45) is 0 Å². The summed E-state index contributed by atoms with van der Waals surface area (Å²) in [6, 6.07) is 19.5. The molecule has 0 unspecified atom stereocenters. The molecule has 4 aromatic carbocycles. The van der Waals surface area contributed by atoms with Gasteiger partial charge in [0.15, 0.2) is 17.5 Å². The highest BCUT2D eigenvalue weighted by Gasteiger charge is 2.09. The molecule has 0 amide bonds. The van der Waals surface area contributed by atoms with Crippen LogP contribution < -0.4 is 0 Å². The molecule has 0 atom stereocenters. The predicted octanol–water partition coefficient (Wildman–Crippen LogP) is 6.93. The monoisotopic (exact) mass is 424 g/mol. The lowest BCUT2D eigenvalue weighted by atomic mass is 9.98. The molecule has 0 spiro atoms. The van der Waals surface area contributed by atoms with E-state index in [9.17, 15) is 13.2 Å². The Hall–Kier alpha value is -3.95. The summed E-state index contributed by atoms with van der Waals surface area (Å²) in [7, 11) is 0. The van der Waals surface area contributed by atoms with Crippen LogP contribution in [0.2, 0.25) is 0 Å². The average molecular weight is 424 g/mol. The van der Waals surface area contributed by atoms with Gasteiger partial charge in [-0.2, -0.15) is 0 Å². The van der Waals surface area contributed by atoms with Crippen LogP contribution in [0.1, 0.15) is 40.3 Å². The summed E-state index contributed by atoms with van der Waals surface area (Å²) in [5.41, 5.74) is 5.06. The van der Waals surface area contributed by atoms with Crippen LogP contribution in [0.3, 0.4) is 0 Å². The third kappa shape index (κ3) is 4.39. The van der Waals surface area contributed by atoms with Crippen LogP contribution in [-0.4, -0.2) is 0 Å². The Morgan fingerprint density at radius 1 is 0.656 bits per heavy atom. The van der Waals surface area contributed by atoms with E-state index in [0.29, 0.717) is 5.56 Å². The number of benzene rings is 4. The Labute approximate surface area is 185 Å². The zero-order valence-electron chi connectivity index (χ0n) is 17.7.